The number of likely N-dealkylation sites (N-methyl/N-ethyl adjacent to an activating group) is 1. The maximum absolute atomic E-state index is 13.0. The summed E-state index contributed by atoms with van der Waals surface area (Å²) in [6.45, 7) is 4.89. The zero-order chi connectivity index (χ0) is 22.5. The summed E-state index contributed by atoms with van der Waals surface area (Å²) in [7, 11) is 0. The van der Waals surface area contributed by atoms with E-state index in [2.05, 4.69) is 4.99 Å². The van der Waals surface area contributed by atoms with E-state index in [0.29, 0.717) is 29.0 Å². The van der Waals surface area contributed by atoms with Crippen LogP contribution in [0.3, 0.4) is 0 Å². The van der Waals surface area contributed by atoms with Crippen LogP contribution in [0.2, 0.25) is 0 Å². The van der Waals surface area contributed by atoms with Gasteiger partial charge >= 0.3 is 0 Å². The molecular formula is C26H23FN2O2S. The molecule has 3 aromatic rings. The Kier molecular flexibility index (Phi) is 6.71. The number of benzene rings is 3. The Bertz CT molecular complexity index is 1150. The summed E-state index contributed by atoms with van der Waals surface area (Å²) in [4.78, 5) is 19.8. The Balaban J connectivity index is 1.46. The zero-order valence-corrected chi connectivity index (χ0v) is 18.7. The number of amidine groups is 1. The highest BCUT2D eigenvalue weighted by atomic mass is 32.2. The average molecular weight is 447 g/mol. The van der Waals surface area contributed by atoms with Crippen molar-refractivity contribution in [2.75, 3.05) is 6.54 Å². The van der Waals surface area contributed by atoms with Gasteiger partial charge in [-0.3, -0.25) is 9.69 Å². The molecule has 1 fully saturated rings. The monoisotopic (exact) mass is 446 g/mol. The number of nitrogens with zero attached hydrogens (tertiary/aromatic N) is 2. The number of thioether (sulfide) groups is 1. The molecular weight excluding hydrogens is 423 g/mol. The van der Waals surface area contributed by atoms with E-state index in [1.807, 2.05) is 68.5 Å². The average Bonchev–Trinajstić information content (AvgIpc) is 3.09. The first-order chi connectivity index (χ1) is 15.5. The van der Waals surface area contributed by atoms with E-state index in [4.69, 9.17) is 4.74 Å². The highest BCUT2D eigenvalue weighted by Crippen LogP contribution is 2.34. The third kappa shape index (κ3) is 5.26. The van der Waals surface area contributed by atoms with Crippen LogP contribution in [0, 0.1) is 12.7 Å². The lowest BCUT2D eigenvalue weighted by molar-refractivity contribution is -0.122. The summed E-state index contributed by atoms with van der Waals surface area (Å²) in [5.41, 5.74) is 3.80. The molecule has 0 unspecified atom stereocenters. The predicted octanol–water partition coefficient (Wildman–Crippen LogP) is 6.34. The molecule has 1 amide bonds. The van der Waals surface area contributed by atoms with E-state index in [-0.39, 0.29) is 11.7 Å². The molecule has 162 valence electrons. The van der Waals surface area contributed by atoms with E-state index < -0.39 is 0 Å². The highest BCUT2D eigenvalue weighted by Gasteiger charge is 2.32. The number of hydrogen-bond acceptors (Lipinski definition) is 4. The van der Waals surface area contributed by atoms with Gasteiger partial charge in [-0.05, 0) is 79.2 Å². The molecule has 0 saturated carbocycles. The van der Waals surface area contributed by atoms with Crippen molar-refractivity contribution in [3.8, 4) is 5.75 Å². The number of aliphatic imine (C=N–C) groups is 1. The molecule has 0 N–H and O–H groups in total. The van der Waals surface area contributed by atoms with Gasteiger partial charge in [-0.1, -0.05) is 42.0 Å². The van der Waals surface area contributed by atoms with E-state index in [1.165, 1.54) is 29.5 Å². The van der Waals surface area contributed by atoms with Crippen LogP contribution in [-0.2, 0) is 11.4 Å². The number of carbonyl (C=O) groups excluding carboxylic acids is 1. The Hall–Kier alpha value is -3.38. The minimum atomic E-state index is -0.265. The lowest BCUT2D eigenvalue weighted by Gasteiger charge is -2.12. The molecule has 1 saturated heterocycles. The third-order valence-electron chi connectivity index (χ3n) is 4.96. The largest absolute Gasteiger partial charge is 0.489 e. The molecule has 0 aliphatic carbocycles. The summed E-state index contributed by atoms with van der Waals surface area (Å²) in [6.07, 6.45) is 1.87. The number of ether oxygens (including phenoxy) is 1. The van der Waals surface area contributed by atoms with Gasteiger partial charge in [0.2, 0.25) is 0 Å². The lowest BCUT2D eigenvalue weighted by Crippen LogP contribution is -2.28. The highest BCUT2D eigenvalue weighted by molar-refractivity contribution is 8.18. The van der Waals surface area contributed by atoms with Crippen LogP contribution in [0.5, 0.6) is 5.75 Å². The number of amides is 1. The van der Waals surface area contributed by atoms with E-state index >= 15 is 0 Å². The van der Waals surface area contributed by atoms with Crippen LogP contribution in [0.4, 0.5) is 10.1 Å². The van der Waals surface area contributed by atoms with Gasteiger partial charge in [0, 0.05) is 6.54 Å². The van der Waals surface area contributed by atoms with Crippen molar-refractivity contribution < 1.29 is 13.9 Å². The molecule has 32 heavy (non-hydrogen) atoms. The van der Waals surface area contributed by atoms with Gasteiger partial charge in [0.15, 0.2) is 5.17 Å². The van der Waals surface area contributed by atoms with Crippen molar-refractivity contribution >= 4 is 34.6 Å². The molecule has 0 bridgehead atoms. The predicted molar refractivity (Wildman–Crippen MR) is 128 cm³/mol. The van der Waals surface area contributed by atoms with Crippen molar-refractivity contribution in [2.24, 2.45) is 4.99 Å². The first kappa shape index (κ1) is 21.8. The van der Waals surface area contributed by atoms with Crippen LogP contribution >= 0.6 is 11.8 Å². The molecule has 1 aliphatic heterocycles. The molecule has 4 rings (SSSR count). The molecule has 6 heteroatoms. The maximum atomic E-state index is 13.0. The van der Waals surface area contributed by atoms with Crippen LogP contribution in [0.1, 0.15) is 23.6 Å². The summed E-state index contributed by atoms with van der Waals surface area (Å²) >= 11 is 1.38. The first-order valence-corrected chi connectivity index (χ1v) is 11.2. The Morgan fingerprint density at radius 2 is 1.69 bits per heavy atom. The molecule has 3 aromatic carbocycles. The summed E-state index contributed by atoms with van der Waals surface area (Å²) in [5, 5.41) is 0.687. The van der Waals surface area contributed by atoms with Crippen LogP contribution < -0.4 is 4.74 Å². The van der Waals surface area contributed by atoms with E-state index in [9.17, 15) is 9.18 Å². The number of aryl methyl sites for hydroxylation is 1. The zero-order valence-electron chi connectivity index (χ0n) is 17.9. The second kappa shape index (κ2) is 9.83. The standard InChI is InChI=1S/C26H23FN2O2S/c1-3-29-25(30)24(32-26(29)28-22-12-4-18(2)5-13-22)16-19-8-14-23(15-9-19)31-17-20-6-10-21(27)11-7-20/h4-16H,3,17H2,1-2H3/b24-16+,28-26?. The fourth-order valence-electron chi connectivity index (χ4n) is 3.16. The van der Waals surface area contributed by atoms with Crippen molar-refractivity contribution in [1.82, 2.24) is 4.90 Å². The fourth-order valence-corrected chi connectivity index (χ4v) is 4.22. The van der Waals surface area contributed by atoms with Crippen LogP contribution in [0.15, 0.2) is 82.7 Å². The molecule has 0 atom stereocenters. The minimum absolute atomic E-state index is 0.0417. The summed E-state index contributed by atoms with van der Waals surface area (Å²) < 4.78 is 18.8. The molecule has 0 aromatic heterocycles. The molecule has 0 radical (unpaired) electrons. The Labute approximate surface area is 191 Å². The van der Waals surface area contributed by atoms with Crippen molar-refractivity contribution in [2.45, 2.75) is 20.5 Å². The molecule has 0 spiro atoms. The quantitative estimate of drug-likeness (QED) is 0.415. The minimum Gasteiger partial charge on any atom is -0.489 e. The fraction of sp³-hybridized carbons (Fsp3) is 0.154. The maximum Gasteiger partial charge on any atom is 0.266 e. The topological polar surface area (TPSA) is 41.9 Å². The Morgan fingerprint density at radius 1 is 1.00 bits per heavy atom. The van der Waals surface area contributed by atoms with Crippen molar-refractivity contribution in [1.29, 1.82) is 0 Å². The van der Waals surface area contributed by atoms with E-state index in [1.54, 1.807) is 17.0 Å². The van der Waals surface area contributed by atoms with Crippen molar-refractivity contribution in [3.05, 3.63) is 100 Å². The Morgan fingerprint density at radius 3 is 2.34 bits per heavy atom. The number of rotatable bonds is 6. The molecule has 1 aliphatic rings. The van der Waals surface area contributed by atoms with Gasteiger partial charge in [-0.2, -0.15) is 0 Å². The second-order valence-corrected chi connectivity index (χ2v) is 8.38. The normalized spacial score (nSPS) is 16.2. The van der Waals surface area contributed by atoms with Crippen LogP contribution in [-0.4, -0.2) is 22.5 Å². The van der Waals surface area contributed by atoms with Gasteiger partial charge in [0.05, 0.1) is 10.6 Å². The number of halogens is 1. The van der Waals surface area contributed by atoms with Gasteiger partial charge < -0.3 is 4.74 Å². The third-order valence-corrected chi connectivity index (χ3v) is 5.97. The van der Waals surface area contributed by atoms with Gasteiger partial charge in [0.25, 0.3) is 5.91 Å². The number of carbonyl (C=O) groups is 1. The summed E-state index contributed by atoms with van der Waals surface area (Å²) in [6, 6.07) is 21.7. The van der Waals surface area contributed by atoms with Crippen molar-refractivity contribution in [3.63, 3.8) is 0 Å². The van der Waals surface area contributed by atoms with E-state index in [0.717, 1.165) is 16.8 Å². The number of hydrogen-bond donors (Lipinski definition) is 0. The van der Waals surface area contributed by atoms with Gasteiger partial charge in [0.1, 0.15) is 18.2 Å². The first-order valence-electron chi connectivity index (χ1n) is 10.4. The van der Waals surface area contributed by atoms with Gasteiger partial charge in [-0.25, -0.2) is 9.38 Å². The summed E-state index contributed by atoms with van der Waals surface area (Å²) in [5.74, 6) is 0.401. The second-order valence-electron chi connectivity index (χ2n) is 7.37. The SMILES string of the molecule is CCN1C(=O)/C(=C\c2ccc(OCc3ccc(F)cc3)cc2)SC1=Nc1ccc(C)cc1. The smallest absolute Gasteiger partial charge is 0.266 e. The lowest BCUT2D eigenvalue weighted by atomic mass is 10.2. The molecule has 4 nitrogen and oxygen atoms in total. The molecule has 1 heterocycles. The van der Waals surface area contributed by atoms with Crippen LogP contribution in [0.25, 0.3) is 6.08 Å². The van der Waals surface area contributed by atoms with Gasteiger partial charge in [-0.15, -0.1) is 0 Å².